The highest BCUT2D eigenvalue weighted by molar-refractivity contribution is 7.92. The minimum atomic E-state index is -3.78. The molecule has 0 amide bonds. The summed E-state index contributed by atoms with van der Waals surface area (Å²) in [4.78, 5) is 8.61. The highest BCUT2D eigenvalue weighted by Crippen LogP contribution is 2.28. The van der Waals surface area contributed by atoms with Gasteiger partial charge in [-0.2, -0.15) is 5.10 Å². The number of aromatic nitrogens is 4. The van der Waals surface area contributed by atoms with E-state index < -0.39 is 10.0 Å². The highest BCUT2D eigenvalue weighted by atomic mass is 32.2. The van der Waals surface area contributed by atoms with Crippen molar-refractivity contribution in [2.24, 2.45) is 0 Å². The lowest BCUT2D eigenvalue weighted by molar-refractivity contribution is 0.411. The topological polar surface area (TPSA) is 99.0 Å². The summed E-state index contributed by atoms with van der Waals surface area (Å²) in [6, 6.07) is 5.07. The standard InChI is InChI=1S/C18H21N5O3S/c1-11-8-12(2)23(21-11)18-19-9-15(10-20-18)22-27(24,25)17-7-6-16(26-5)13(3)14(17)4/h6-10,22H,1-5H3. The summed E-state index contributed by atoms with van der Waals surface area (Å²) in [5.74, 6) is 1.02. The van der Waals surface area contributed by atoms with E-state index in [1.165, 1.54) is 18.5 Å². The van der Waals surface area contributed by atoms with Crippen molar-refractivity contribution in [1.29, 1.82) is 0 Å². The summed E-state index contributed by atoms with van der Waals surface area (Å²) in [5, 5.41) is 4.31. The molecule has 142 valence electrons. The summed E-state index contributed by atoms with van der Waals surface area (Å²) in [6.07, 6.45) is 2.84. The molecule has 0 saturated carbocycles. The number of nitrogens with zero attached hydrogens (tertiary/aromatic N) is 4. The molecule has 0 atom stereocenters. The second-order valence-electron chi connectivity index (χ2n) is 6.23. The molecule has 3 aromatic rings. The van der Waals surface area contributed by atoms with Crippen LogP contribution in [0.1, 0.15) is 22.5 Å². The molecule has 0 spiro atoms. The molecule has 1 aromatic carbocycles. The van der Waals surface area contributed by atoms with Crippen LogP contribution < -0.4 is 9.46 Å². The van der Waals surface area contributed by atoms with Crippen molar-refractivity contribution in [2.75, 3.05) is 11.8 Å². The quantitative estimate of drug-likeness (QED) is 0.723. The first-order valence-electron chi connectivity index (χ1n) is 8.25. The van der Waals surface area contributed by atoms with Gasteiger partial charge in [0.25, 0.3) is 16.0 Å². The van der Waals surface area contributed by atoms with Gasteiger partial charge in [-0.15, -0.1) is 0 Å². The highest BCUT2D eigenvalue weighted by Gasteiger charge is 2.20. The lowest BCUT2D eigenvalue weighted by atomic mass is 10.1. The normalized spacial score (nSPS) is 11.4. The third-order valence-corrected chi connectivity index (χ3v) is 5.81. The van der Waals surface area contributed by atoms with Crippen LogP contribution in [0.4, 0.5) is 5.69 Å². The fourth-order valence-electron chi connectivity index (χ4n) is 2.81. The lowest BCUT2D eigenvalue weighted by Gasteiger charge is -2.14. The van der Waals surface area contributed by atoms with Crippen molar-refractivity contribution in [3.63, 3.8) is 0 Å². The predicted molar refractivity (Wildman–Crippen MR) is 102 cm³/mol. The van der Waals surface area contributed by atoms with Crippen molar-refractivity contribution in [1.82, 2.24) is 19.7 Å². The summed E-state index contributed by atoms with van der Waals surface area (Å²) >= 11 is 0. The van der Waals surface area contributed by atoms with Crippen LogP contribution in [-0.4, -0.2) is 35.3 Å². The molecule has 2 aromatic heterocycles. The van der Waals surface area contributed by atoms with Crippen molar-refractivity contribution in [3.05, 3.63) is 53.1 Å². The number of sulfonamides is 1. The molecule has 0 saturated heterocycles. The summed E-state index contributed by atoms with van der Waals surface area (Å²) in [7, 11) is -2.23. The third-order valence-electron chi connectivity index (χ3n) is 4.29. The monoisotopic (exact) mass is 387 g/mol. The molecule has 0 radical (unpaired) electrons. The Morgan fingerprint density at radius 2 is 1.70 bits per heavy atom. The minimum Gasteiger partial charge on any atom is -0.496 e. The summed E-state index contributed by atoms with van der Waals surface area (Å²) in [6.45, 7) is 7.34. The van der Waals surface area contributed by atoms with Gasteiger partial charge in [-0.3, -0.25) is 4.72 Å². The number of methoxy groups -OCH3 is 1. The summed E-state index contributed by atoms with van der Waals surface area (Å²) in [5.41, 5.74) is 3.42. The number of benzene rings is 1. The zero-order valence-electron chi connectivity index (χ0n) is 15.8. The van der Waals surface area contributed by atoms with Crippen molar-refractivity contribution in [2.45, 2.75) is 32.6 Å². The zero-order valence-corrected chi connectivity index (χ0v) is 16.6. The maximum absolute atomic E-state index is 12.8. The third kappa shape index (κ3) is 3.63. The van der Waals surface area contributed by atoms with E-state index in [-0.39, 0.29) is 10.6 Å². The number of hydrogen-bond donors (Lipinski definition) is 1. The van der Waals surface area contributed by atoms with Crippen molar-refractivity contribution >= 4 is 15.7 Å². The smallest absolute Gasteiger partial charge is 0.262 e. The largest absolute Gasteiger partial charge is 0.496 e. The number of ether oxygens (including phenoxy) is 1. The molecule has 1 N–H and O–H groups in total. The Labute approximate surface area is 158 Å². The van der Waals surface area contributed by atoms with Gasteiger partial charge in [0.2, 0.25) is 0 Å². The van der Waals surface area contributed by atoms with Gasteiger partial charge in [-0.25, -0.2) is 23.1 Å². The van der Waals surface area contributed by atoms with Gasteiger partial charge < -0.3 is 4.74 Å². The van der Waals surface area contributed by atoms with Gasteiger partial charge >= 0.3 is 0 Å². The van der Waals surface area contributed by atoms with Crippen LogP contribution in [0.25, 0.3) is 5.95 Å². The van der Waals surface area contributed by atoms with Crippen LogP contribution >= 0.6 is 0 Å². The van der Waals surface area contributed by atoms with E-state index in [1.54, 1.807) is 24.8 Å². The van der Waals surface area contributed by atoms with E-state index in [0.29, 0.717) is 17.3 Å². The molecule has 0 unspecified atom stereocenters. The maximum atomic E-state index is 12.8. The Morgan fingerprint density at radius 1 is 1.04 bits per heavy atom. The molecule has 0 aliphatic rings. The molecule has 9 heteroatoms. The van der Waals surface area contributed by atoms with E-state index in [1.807, 2.05) is 26.8 Å². The lowest BCUT2D eigenvalue weighted by Crippen LogP contribution is -2.16. The molecule has 8 nitrogen and oxygen atoms in total. The van der Waals surface area contributed by atoms with Crippen molar-refractivity contribution in [3.8, 4) is 11.7 Å². The Hall–Kier alpha value is -2.94. The van der Waals surface area contributed by atoms with Gasteiger partial charge in [-0.05, 0) is 57.0 Å². The van der Waals surface area contributed by atoms with E-state index in [4.69, 9.17) is 4.74 Å². The first kappa shape index (κ1) is 18.8. The fourth-order valence-corrected chi connectivity index (χ4v) is 4.14. The minimum absolute atomic E-state index is 0.184. The van der Waals surface area contributed by atoms with E-state index in [2.05, 4.69) is 19.8 Å². The zero-order chi connectivity index (χ0) is 19.8. The fraction of sp³-hybridized carbons (Fsp3) is 0.278. The van der Waals surface area contributed by atoms with Crippen LogP contribution in [0, 0.1) is 27.7 Å². The number of anilines is 1. The predicted octanol–water partition coefficient (Wildman–Crippen LogP) is 2.71. The molecule has 0 fully saturated rings. The Balaban J connectivity index is 1.88. The number of aryl methyl sites for hydroxylation is 2. The van der Waals surface area contributed by atoms with Crippen LogP contribution in [0.5, 0.6) is 5.75 Å². The van der Waals surface area contributed by atoms with Crippen LogP contribution in [0.2, 0.25) is 0 Å². The Bertz CT molecular complexity index is 1090. The average molecular weight is 387 g/mol. The average Bonchev–Trinajstić information content (AvgIpc) is 2.95. The first-order valence-corrected chi connectivity index (χ1v) is 9.74. The molecule has 3 rings (SSSR count). The Morgan fingerprint density at radius 3 is 2.26 bits per heavy atom. The summed E-state index contributed by atoms with van der Waals surface area (Å²) < 4.78 is 34.9. The van der Waals surface area contributed by atoms with Gasteiger partial charge in [0, 0.05) is 5.69 Å². The van der Waals surface area contributed by atoms with E-state index >= 15 is 0 Å². The van der Waals surface area contributed by atoms with Gasteiger partial charge in [-0.1, -0.05) is 0 Å². The van der Waals surface area contributed by atoms with Crippen LogP contribution in [0.15, 0.2) is 35.5 Å². The molecular weight excluding hydrogens is 366 g/mol. The van der Waals surface area contributed by atoms with Crippen LogP contribution in [-0.2, 0) is 10.0 Å². The van der Waals surface area contributed by atoms with E-state index in [9.17, 15) is 8.42 Å². The molecule has 27 heavy (non-hydrogen) atoms. The molecule has 0 aliphatic heterocycles. The molecule has 0 bridgehead atoms. The van der Waals surface area contributed by atoms with Crippen molar-refractivity contribution < 1.29 is 13.2 Å². The number of hydrogen-bond acceptors (Lipinski definition) is 6. The van der Waals surface area contributed by atoms with Crippen LogP contribution in [0.3, 0.4) is 0 Å². The Kier molecular flexibility index (Phi) is 4.88. The van der Waals surface area contributed by atoms with Gasteiger partial charge in [0.05, 0.1) is 35.8 Å². The van der Waals surface area contributed by atoms with Gasteiger partial charge in [0.15, 0.2) is 0 Å². The van der Waals surface area contributed by atoms with E-state index in [0.717, 1.165) is 17.0 Å². The maximum Gasteiger partial charge on any atom is 0.262 e. The molecule has 2 heterocycles. The van der Waals surface area contributed by atoms with Gasteiger partial charge in [0.1, 0.15) is 5.75 Å². The molecule has 0 aliphatic carbocycles. The second-order valence-corrected chi connectivity index (χ2v) is 7.88. The number of rotatable bonds is 5. The molecular formula is C18H21N5O3S. The SMILES string of the molecule is COc1ccc(S(=O)(=O)Nc2cnc(-n3nc(C)cc3C)nc2)c(C)c1C. The number of nitrogens with one attached hydrogen (secondary N) is 1. The second kappa shape index (κ2) is 6.99. The first-order chi connectivity index (χ1) is 12.7.